The second-order valence-electron chi connectivity index (χ2n) is 6.95. The number of carbonyl (C=O) groups is 1. The van der Waals surface area contributed by atoms with Crippen LogP contribution >= 0.6 is 11.3 Å². The Hall–Kier alpha value is -2.88. The maximum absolute atomic E-state index is 12.3. The second-order valence-corrected chi connectivity index (χ2v) is 7.80. The van der Waals surface area contributed by atoms with Crippen LogP contribution in [0.25, 0.3) is 10.6 Å². The summed E-state index contributed by atoms with van der Waals surface area (Å²) in [6.45, 7) is 4.97. The van der Waals surface area contributed by atoms with Crippen LogP contribution in [0.1, 0.15) is 5.69 Å². The highest BCUT2D eigenvalue weighted by molar-refractivity contribution is 7.13. The summed E-state index contributed by atoms with van der Waals surface area (Å²) in [4.78, 5) is 30.1. The summed E-state index contributed by atoms with van der Waals surface area (Å²) in [6, 6.07) is 9.11. The molecule has 0 unspecified atom stereocenters. The largest absolute Gasteiger partial charge is 0.326 e. The summed E-state index contributed by atoms with van der Waals surface area (Å²) in [6.07, 6.45) is 3.44. The number of carbonyl (C=O) groups excluding carboxylic acids is 1. The lowest BCUT2D eigenvalue weighted by Gasteiger charge is -2.32. The minimum atomic E-state index is -0.360. The van der Waals surface area contributed by atoms with Crippen LogP contribution in [0.5, 0.6) is 0 Å². The number of hydrogen-bond donors (Lipinski definition) is 2. The van der Waals surface area contributed by atoms with Crippen LogP contribution in [-0.4, -0.2) is 64.0 Å². The average molecular weight is 410 g/mol. The van der Waals surface area contributed by atoms with Crippen molar-refractivity contribution in [3.05, 3.63) is 53.8 Å². The Morgan fingerprint density at radius 3 is 2.59 bits per heavy atom. The van der Waals surface area contributed by atoms with Crippen LogP contribution in [0, 0.1) is 0 Å². The number of aromatic nitrogens is 3. The molecule has 0 aromatic carbocycles. The third-order valence-corrected chi connectivity index (χ3v) is 5.59. The van der Waals surface area contributed by atoms with Gasteiger partial charge in [0.1, 0.15) is 16.6 Å². The number of pyridine rings is 2. The molecule has 2 amide bonds. The number of amides is 2. The normalized spacial score (nSPS) is 15.2. The summed E-state index contributed by atoms with van der Waals surface area (Å²) < 4.78 is 0. The number of nitrogens with one attached hydrogen (secondary N) is 2. The van der Waals surface area contributed by atoms with Crippen LogP contribution in [0.3, 0.4) is 0 Å². The molecular weight excluding hydrogens is 386 g/mol. The van der Waals surface area contributed by atoms with E-state index in [9.17, 15) is 4.79 Å². The molecule has 0 saturated carbocycles. The van der Waals surface area contributed by atoms with Gasteiger partial charge in [-0.25, -0.2) is 14.8 Å². The number of piperazine rings is 1. The van der Waals surface area contributed by atoms with Crippen molar-refractivity contribution in [3.8, 4) is 10.6 Å². The summed E-state index contributed by atoms with van der Waals surface area (Å²) in [7, 11) is 2.14. The predicted octanol–water partition coefficient (Wildman–Crippen LogP) is 2.99. The first-order valence-corrected chi connectivity index (χ1v) is 10.3. The monoisotopic (exact) mass is 409 g/mol. The molecule has 9 heteroatoms. The number of nitrogens with zero attached hydrogens (tertiary/aromatic N) is 5. The highest BCUT2D eigenvalue weighted by Gasteiger charge is 2.15. The Morgan fingerprint density at radius 1 is 1.03 bits per heavy atom. The van der Waals surface area contributed by atoms with Crippen molar-refractivity contribution in [1.29, 1.82) is 0 Å². The van der Waals surface area contributed by atoms with Gasteiger partial charge in [0.05, 0.1) is 5.69 Å². The van der Waals surface area contributed by atoms with Gasteiger partial charge < -0.3 is 4.90 Å². The van der Waals surface area contributed by atoms with Gasteiger partial charge in [-0.2, -0.15) is 0 Å². The van der Waals surface area contributed by atoms with E-state index in [2.05, 4.69) is 42.4 Å². The molecule has 0 spiro atoms. The predicted molar refractivity (Wildman–Crippen MR) is 115 cm³/mol. The highest BCUT2D eigenvalue weighted by Crippen LogP contribution is 2.25. The summed E-state index contributed by atoms with van der Waals surface area (Å²) in [5.74, 6) is 1.03. The Kier molecular flexibility index (Phi) is 6.09. The Labute approximate surface area is 173 Å². The van der Waals surface area contributed by atoms with Gasteiger partial charge in [-0.05, 0) is 31.3 Å². The number of urea groups is 1. The maximum Gasteiger partial charge on any atom is 0.326 e. The first kappa shape index (κ1) is 19.4. The van der Waals surface area contributed by atoms with Crippen molar-refractivity contribution >= 4 is 29.0 Å². The molecule has 0 radical (unpaired) electrons. The Bertz CT molecular complexity index is 954. The molecule has 8 nitrogen and oxygen atoms in total. The van der Waals surface area contributed by atoms with E-state index in [-0.39, 0.29) is 6.03 Å². The van der Waals surface area contributed by atoms with Crippen LogP contribution < -0.4 is 10.6 Å². The summed E-state index contributed by atoms with van der Waals surface area (Å²) >= 11 is 1.47. The van der Waals surface area contributed by atoms with Gasteiger partial charge >= 0.3 is 6.03 Å². The van der Waals surface area contributed by atoms with Crippen molar-refractivity contribution in [2.75, 3.05) is 43.9 Å². The Balaban J connectivity index is 1.33. The van der Waals surface area contributed by atoms with Crippen molar-refractivity contribution < 1.29 is 4.79 Å². The number of anilines is 2. The van der Waals surface area contributed by atoms with E-state index in [4.69, 9.17) is 0 Å². The molecule has 0 bridgehead atoms. The lowest BCUT2D eigenvalue weighted by Crippen LogP contribution is -2.44. The molecule has 0 atom stereocenters. The molecule has 29 heavy (non-hydrogen) atoms. The van der Waals surface area contributed by atoms with Gasteiger partial charge in [0.25, 0.3) is 0 Å². The molecule has 1 aliphatic heterocycles. The molecule has 1 aliphatic rings. The maximum atomic E-state index is 12.3. The summed E-state index contributed by atoms with van der Waals surface area (Å²) in [5, 5.41) is 8.20. The summed E-state index contributed by atoms with van der Waals surface area (Å²) in [5.41, 5.74) is 1.91. The molecule has 3 aromatic rings. The number of hydrogen-bond acceptors (Lipinski definition) is 7. The minimum Gasteiger partial charge on any atom is -0.304 e. The van der Waals surface area contributed by atoms with Crippen LogP contribution in [0.2, 0.25) is 0 Å². The molecular formula is C20H23N7OS. The Morgan fingerprint density at radius 2 is 1.79 bits per heavy atom. The standard InChI is InChI=1S/C20H23N7OS/c1-26-9-11-27(12-10-26)13-16-3-2-4-17(22-16)24-20(28)25-18-14-29-19(23-18)15-5-7-21-8-6-15/h2-8,14H,9-13H2,1H3,(H2,22,24,25,28). The van der Waals surface area contributed by atoms with Gasteiger partial charge in [0.2, 0.25) is 0 Å². The molecule has 3 aromatic heterocycles. The third kappa shape index (κ3) is 5.35. The molecule has 4 rings (SSSR count). The minimum absolute atomic E-state index is 0.360. The number of likely N-dealkylation sites (N-methyl/N-ethyl adjacent to an activating group) is 1. The van der Waals surface area contributed by atoms with Crippen LogP contribution in [0.15, 0.2) is 48.1 Å². The van der Waals surface area contributed by atoms with Gasteiger partial charge in [0, 0.05) is 56.1 Å². The lowest BCUT2D eigenvalue weighted by molar-refractivity contribution is 0.147. The zero-order valence-electron chi connectivity index (χ0n) is 16.2. The number of rotatable bonds is 5. The number of thiazole rings is 1. The van der Waals surface area contributed by atoms with Crippen molar-refractivity contribution in [1.82, 2.24) is 24.8 Å². The molecule has 1 saturated heterocycles. The van der Waals surface area contributed by atoms with Gasteiger partial charge in [-0.1, -0.05) is 6.07 Å². The molecule has 0 aliphatic carbocycles. The fourth-order valence-corrected chi connectivity index (χ4v) is 3.85. The molecule has 150 valence electrons. The zero-order chi connectivity index (χ0) is 20.1. The molecule has 2 N–H and O–H groups in total. The molecule has 4 heterocycles. The SMILES string of the molecule is CN1CCN(Cc2cccc(NC(=O)Nc3csc(-c4ccncc4)n3)n2)CC1. The van der Waals surface area contributed by atoms with Crippen LogP contribution in [0.4, 0.5) is 16.4 Å². The van der Waals surface area contributed by atoms with E-state index in [0.29, 0.717) is 11.6 Å². The first-order chi connectivity index (χ1) is 14.2. The van der Waals surface area contributed by atoms with E-state index in [1.807, 2.05) is 29.6 Å². The van der Waals surface area contributed by atoms with E-state index in [1.54, 1.807) is 18.5 Å². The third-order valence-electron chi connectivity index (χ3n) is 4.70. The van der Waals surface area contributed by atoms with E-state index in [0.717, 1.165) is 49.0 Å². The van der Waals surface area contributed by atoms with Gasteiger partial charge in [0.15, 0.2) is 0 Å². The smallest absolute Gasteiger partial charge is 0.304 e. The molecule has 1 fully saturated rings. The van der Waals surface area contributed by atoms with Crippen molar-refractivity contribution in [3.63, 3.8) is 0 Å². The first-order valence-electron chi connectivity index (χ1n) is 9.46. The van der Waals surface area contributed by atoms with Crippen molar-refractivity contribution in [2.45, 2.75) is 6.54 Å². The van der Waals surface area contributed by atoms with Gasteiger partial charge in [-0.15, -0.1) is 11.3 Å². The quantitative estimate of drug-likeness (QED) is 0.674. The topological polar surface area (TPSA) is 86.3 Å². The van der Waals surface area contributed by atoms with Crippen molar-refractivity contribution in [2.24, 2.45) is 0 Å². The second kappa shape index (κ2) is 9.08. The fourth-order valence-electron chi connectivity index (χ4n) is 3.09. The van der Waals surface area contributed by atoms with E-state index < -0.39 is 0 Å². The fraction of sp³-hybridized carbons (Fsp3) is 0.300. The van der Waals surface area contributed by atoms with E-state index >= 15 is 0 Å². The lowest BCUT2D eigenvalue weighted by atomic mass is 10.3. The van der Waals surface area contributed by atoms with Crippen LogP contribution in [-0.2, 0) is 6.54 Å². The highest BCUT2D eigenvalue weighted by atomic mass is 32.1. The average Bonchev–Trinajstić information content (AvgIpc) is 3.19. The van der Waals surface area contributed by atoms with E-state index in [1.165, 1.54) is 11.3 Å². The zero-order valence-corrected chi connectivity index (χ0v) is 17.0. The van der Waals surface area contributed by atoms with Gasteiger partial charge in [-0.3, -0.25) is 20.5 Å².